The highest BCUT2D eigenvalue weighted by atomic mass is 79.9. The maximum Gasteiger partial charge on any atom is 0.153 e. The summed E-state index contributed by atoms with van der Waals surface area (Å²) in [5.41, 5.74) is 8.52. The zero-order chi connectivity index (χ0) is 14.3. The van der Waals surface area contributed by atoms with Gasteiger partial charge in [0, 0.05) is 13.1 Å². The lowest BCUT2D eigenvalue weighted by atomic mass is 10.3. The van der Waals surface area contributed by atoms with Crippen LogP contribution in [0.15, 0.2) is 22.2 Å². The number of nitrogens with two attached hydrogens (primary N) is 1. The van der Waals surface area contributed by atoms with E-state index < -0.39 is 0 Å². The van der Waals surface area contributed by atoms with E-state index in [1.807, 2.05) is 11.4 Å². The van der Waals surface area contributed by atoms with Crippen molar-refractivity contribution in [1.82, 2.24) is 14.5 Å². The largest absolute Gasteiger partial charge is 0.344 e. The van der Waals surface area contributed by atoms with Crippen LogP contribution in [0.5, 0.6) is 0 Å². The molecule has 0 bridgehead atoms. The lowest BCUT2D eigenvalue weighted by Gasteiger charge is -2.08. The number of H-pyrrole nitrogens is 1. The summed E-state index contributed by atoms with van der Waals surface area (Å²) in [6.07, 6.45) is 1.60. The summed E-state index contributed by atoms with van der Waals surface area (Å²) >= 11 is 16.9. The molecule has 0 aliphatic carbocycles. The maximum absolute atomic E-state index is 6.28. The number of nitrogens with zero attached hydrogens (tertiary/aromatic N) is 2. The van der Waals surface area contributed by atoms with E-state index in [-0.39, 0.29) is 0 Å². The Bertz CT molecular complexity index is 836. The molecule has 0 aliphatic heterocycles. The number of aromatic amines is 1. The SMILES string of the molecule is NCCn1c(-c2sccc2Cl)c(Br)c2[nH]cnc(=S)c21. The van der Waals surface area contributed by atoms with Gasteiger partial charge in [0.2, 0.25) is 0 Å². The van der Waals surface area contributed by atoms with Gasteiger partial charge in [0.1, 0.15) is 5.52 Å². The molecular formula is C12H10BrClN4S2. The average molecular weight is 390 g/mol. The van der Waals surface area contributed by atoms with Gasteiger partial charge in [0.05, 0.1) is 31.9 Å². The van der Waals surface area contributed by atoms with Gasteiger partial charge in [-0.3, -0.25) is 0 Å². The summed E-state index contributed by atoms with van der Waals surface area (Å²) < 4.78 is 3.55. The minimum absolute atomic E-state index is 0.510. The predicted molar refractivity (Wildman–Crippen MR) is 90.0 cm³/mol. The molecule has 3 N–H and O–H groups in total. The first-order valence-electron chi connectivity index (χ1n) is 5.84. The van der Waals surface area contributed by atoms with Crippen LogP contribution in [0.2, 0.25) is 5.02 Å². The Morgan fingerprint density at radius 1 is 1.55 bits per heavy atom. The molecule has 0 atom stereocenters. The highest BCUT2D eigenvalue weighted by molar-refractivity contribution is 9.10. The maximum atomic E-state index is 6.28. The number of fused-ring (bicyclic) bond motifs is 1. The molecule has 0 saturated carbocycles. The first-order chi connectivity index (χ1) is 9.65. The van der Waals surface area contributed by atoms with Crippen LogP contribution in [0, 0.1) is 4.64 Å². The normalized spacial score (nSPS) is 11.3. The molecule has 3 aromatic heterocycles. The summed E-state index contributed by atoms with van der Waals surface area (Å²) in [5, 5.41) is 2.68. The Labute approximate surface area is 137 Å². The van der Waals surface area contributed by atoms with Crippen molar-refractivity contribution in [3.05, 3.63) is 31.9 Å². The molecule has 3 aromatic rings. The van der Waals surface area contributed by atoms with E-state index in [0.29, 0.717) is 17.7 Å². The topological polar surface area (TPSA) is 59.6 Å². The molecule has 8 heteroatoms. The number of thiophene rings is 1. The van der Waals surface area contributed by atoms with Crippen LogP contribution in [0.3, 0.4) is 0 Å². The molecule has 0 unspecified atom stereocenters. The lowest BCUT2D eigenvalue weighted by molar-refractivity contribution is 0.739. The molecule has 0 amide bonds. The van der Waals surface area contributed by atoms with Gasteiger partial charge in [0.15, 0.2) is 4.64 Å². The smallest absolute Gasteiger partial charge is 0.153 e. The van der Waals surface area contributed by atoms with E-state index in [9.17, 15) is 0 Å². The standard InChI is InChI=1S/C12H10BrClN4S2/c13-7-8-10(12(19)17-5-16-8)18(3-2-15)9(7)11-6(14)1-4-20-11/h1,4-5H,2-3,15H2,(H,16,17,19). The van der Waals surface area contributed by atoms with E-state index >= 15 is 0 Å². The highest BCUT2D eigenvalue weighted by Gasteiger charge is 2.21. The van der Waals surface area contributed by atoms with Crippen molar-refractivity contribution < 1.29 is 0 Å². The lowest BCUT2D eigenvalue weighted by Crippen LogP contribution is -2.11. The first kappa shape index (κ1) is 14.2. The molecule has 0 aliphatic rings. The Kier molecular flexibility index (Phi) is 3.96. The van der Waals surface area contributed by atoms with Gasteiger partial charge in [-0.2, -0.15) is 0 Å². The minimum atomic E-state index is 0.510. The molecule has 20 heavy (non-hydrogen) atoms. The Hall–Kier alpha value is -0.730. The van der Waals surface area contributed by atoms with E-state index in [4.69, 9.17) is 29.6 Å². The van der Waals surface area contributed by atoms with Crippen LogP contribution < -0.4 is 5.73 Å². The van der Waals surface area contributed by atoms with Gasteiger partial charge in [-0.1, -0.05) is 23.8 Å². The van der Waals surface area contributed by atoms with Crippen LogP contribution in [-0.2, 0) is 6.54 Å². The van der Waals surface area contributed by atoms with Gasteiger partial charge >= 0.3 is 0 Å². The van der Waals surface area contributed by atoms with Crippen LogP contribution in [-0.4, -0.2) is 21.1 Å². The van der Waals surface area contributed by atoms with Crippen molar-refractivity contribution in [2.75, 3.05) is 6.54 Å². The summed E-state index contributed by atoms with van der Waals surface area (Å²) in [7, 11) is 0. The van der Waals surface area contributed by atoms with Crippen molar-refractivity contribution >= 4 is 62.1 Å². The number of hydrogen-bond donors (Lipinski definition) is 2. The molecular weight excluding hydrogens is 380 g/mol. The molecule has 4 nitrogen and oxygen atoms in total. The zero-order valence-corrected chi connectivity index (χ0v) is 14.2. The van der Waals surface area contributed by atoms with Crippen molar-refractivity contribution in [1.29, 1.82) is 0 Å². The molecule has 104 valence electrons. The zero-order valence-electron chi connectivity index (χ0n) is 10.2. The Morgan fingerprint density at radius 2 is 2.35 bits per heavy atom. The fourth-order valence-electron chi connectivity index (χ4n) is 2.20. The predicted octanol–water partition coefficient (Wildman–Crippen LogP) is 4.20. The average Bonchev–Trinajstić information content (AvgIpc) is 2.94. The summed E-state index contributed by atoms with van der Waals surface area (Å²) in [5.74, 6) is 0. The number of nitrogens with one attached hydrogen (secondary N) is 1. The summed E-state index contributed by atoms with van der Waals surface area (Å²) in [4.78, 5) is 8.28. The van der Waals surface area contributed by atoms with Crippen molar-refractivity contribution in [2.45, 2.75) is 6.54 Å². The van der Waals surface area contributed by atoms with Gasteiger partial charge < -0.3 is 15.3 Å². The monoisotopic (exact) mass is 388 g/mol. The second-order valence-corrected chi connectivity index (χ2v) is 6.63. The van der Waals surface area contributed by atoms with Gasteiger partial charge in [0.25, 0.3) is 0 Å². The number of hydrogen-bond acceptors (Lipinski definition) is 4. The second-order valence-electron chi connectivity index (χ2n) is 4.13. The van der Waals surface area contributed by atoms with Crippen LogP contribution in [0.25, 0.3) is 21.6 Å². The number of rotatable bonds is 3. The van der Waals surface area contributed by atoms with Gasteiger partial charge in [-0.15, -0.1) is 11.3 Å². The quantitative estimate of drug-likeness (QED) is 0.660. The second kappa shape index (κ2) is 5.57. The molecule has 0 fully saturated rings. The highest BCUT2D eigenvalue weighted by Crippen LogP contribution is 2.42. The van der Waals surface area contributed by atoms with Crippen LogP contribution >= 0.6 is 51.1 Å². The minimum Gasteiger partial charge on any atom is -0.344 e. The fraction of sp³-hybridized carbons (Fsp3) is 0.167. The molecule has 0 radical (unpaired) electrons. The molecule has 0 spiro atoms. The van der Waals surface area contributed by atoms with Gasteiger partial charge in [-0.05, 0) is 27.4 Å². The van der Waals surface area contributed by atoms with Crippen LogP contribution in [0.4, 0.5) is 0 Å². The number of halogens is 2. The Balaban J connectivity index is 2.45. The third-order valence-electron chi connectivity index (χ3n) is 2.98. The number of aromatic nitrogens is 3. The molecule has 0 aromatic carbocycles. The first-order valence-corrected chi connectivity index (χ1v) is 8.29. The Morgan fingerprint density at radius 3 is 3.00 bits per heavy atom. The van der Waals surface area contributed by atoms with E-state index in [1.54, 1.807) is 17.7 Å². The van der Waals surface area contributed by atoms with Crippen molar-refractivity contribution in [2.24, 2.45) is 5.73 Å². The summed E-state index contributed by atoms with van der Waals surface area (Å²) in [6, 6.07) is 1.88. The van der Waals surface area contributed by atoms with E-state index in [2.05, 4.69) is 30.5 Å². The van der Waals surface area contributed by atoms with Crippen LogP contribution in [0.1, 0.15) is 0 Å². The van der Waals surface area contributed by atoms with Crippen molar-refractivity contribution in [3.63, 3.8) is 0 Å². The molecule has 0 saturated heterocycles. The fourth-order valence-corrected chi connectivity index (χ4v) is 4.51. The van der Waals surface area contributed by atoms with Gasteiger partial charge in [-0.25, -0.2) is 4.98 Å². The third-order valence-corrected chi connectivity index (χ3v) is 5.40. The molecule has 3 heterocycles. The third kappa shape index (κ3) is 2.14. The van der Waals surface area contributed by atoms with E-state index in [1.165, 1.54) is 0 Å². The molecule has 3 rings (SSSR count). The van der Waals surface area contributed by atoms with Crippen molar-refractivity contribution in [3.8, 4) is 10.6 Å². The van der Waals surface area contributed by atoms with E-state index in [0.717, 1.165) is 31.1 Å². The summed E-state index contributed by atoms with van der Waals surface area (Å²) in [6.45, 7) is 1.16.